The summed E-state index contributed by atoms with van der Waals surface area (Å²) in [5.74, 6) is -0.280. The molecule has 1 aromatic rings. The minimum atomic E-state index is -0.141. The van der Waals surface area contributed by atoms with Crippen LogP contribution < -0.4 is 10.6 Å². The van der Waals surface area contributed by atoms with Crippen LogP contribution in [0.1, 0.15) is 66.7 Å². The molecular weight excluding hydrogens is 304 g/mol. The number of hydrogen-bond donors (Lipinski definition) is 2. The summed E-state index contributed by atoms with van der Waals surface area (Å²) in [6, 6.07) is 6.93. The van der Waals surface area contributed by atoms with Gasteiger partial charge in [0.1, 0.15) is 0 Å². The highest BCUT2D eigenvalue weighted by Gasteiger charge is 2.18. The fraction of sp³-hybridized carbons (Fsp3) is 0.579. The predicted octanol–water partition coefficient (Wildman–Crippen LogP) is 2.90. The predicted molar refractivity (Wildman–Crippen MR) is 94.2 cm³/mol. The molecule has 5 heteroatoms. The molecule has 2 N–H and O–H groups in total. The highest BCUT2D eigenvalue weighted by molar-refractivity contribution is 5.99. The van der Waals surface area contributed by atoms with Crippen molar-refractivity contribution in [2.75, 3.05) is 13.2 Å². The van der Waals surface area contributed by atoms with Crippen molar-refractivity contribution in [3.8, 4) is 0 Å². The summed E-state index contributed by atoms with van der Waals surface area (Å²) in [6.45, 7) is 5.50. The molecule has 2 amide bonds. The van der Waals surface area contributed by atoms with Crippen LogP contribution in [0.3, 0.4) is 0 Å². The Hall–Kier alpha value is -1.88. The second kappa shape index (κ2) is 9.42. The van der Waals surface area contributed by atoms with Gasteiger partial charge in [0, 0.05) is 30.3 Å². The third-order valence-corrected chi connectivity index (χ3v) is 4.25. The van der Waals surface area contributed by atoms with E-state index >= 15 is 0 Å². The molecule has 2 atom stereocenters. The highest BCUT2D eigenvalue weighted by Crippen LogP contribution is 2.17. The van der Waals surface area contributed by atoms with Crippen molar-refractivity contribution >= 4 is 11.8 Å². The summed E-state index contributed by atoms with van der Waals surface area (Å²) < 4.78 is 5.61. The standard InChI is InChI=1S/C19H28N2O3/c1-3-11-20-18(22)15-6-4-7-16(13-15)19(23)21-14(2)9-10-17-8-5-12-24-17/h4,6-7,13-14,17H,3,5,8-12H2,1-2H3,(H,20,22)(H,21,23)/t14-,17-/m1/s1. The minimum Gasteiger partial charge on any atom is -0.378 e. The highest BCUT2D eigenvalue weighted by atomic mass is 16.5. The lowest BCUT2D eigenvalue weighted by Crippen LogP contribution is -2.33. The van der Waals surface area contributed by atoms with Crippen LogP contribution in [0.25, 0.3) is 0 Å². The molecule has 1 fully saturated rings. The fourth-order valence-electron chi connectivity index (χ4n) is 2.83. The van der Waals surface area contributed by atoms with E-state index < -0.39 is 0 Å². The van der Waals surface area contributed by atoms with Crippen molar-refractivity contribution in [3.63, 3.8) is 0 Å². The molecule has 132 valence electrons. The molecule has 1 aliphatic heterocycles. The quantitative estimate of drug-likeness (QED) is 0.769. The molecule has 1 saturated heterocycles. The zero-order chi connectivity index (χ0) is 17.4. The maximum absolute atomic E-state index is 12.4. The van der Waals surface area contributed by atoms with E-state index in [1.165, 1.54) is 0 Å². The number of hydrogen-bond acceptors (Lipinski definition) is 3. The monoisotopic (exact) mass is 332 g/mol. The van der Waals surface area contributed by atoms with Crippen LogP contribution in [0.15, 0.2) is 24.3 Å². The molecule has 0 radical (unpaired) electrons. The van der Waals surface area contributed by atoms with Gasteiger partial charge in [-0.1, -0.05) is 13.0 Å². The maximum atomic E-state index is 12.4. The molecule has 1 aromatic carbocycles. The second-order valence-corrected chi connectivity index (χ2v) is 6.42. The fourth-order valence-corrected chi connectivity index (χ4v) is 2.83. The molecule has 1 heterocycles. The number of amides is 2. The summed E-state index contributed by atoms with van der Waals surface area (Å²) in [7, 11) is 0. The molecular formula is C19H28N2O3. The lowest BCUT2D eigenvalue weighted by molar-refractivity contribution is 0.0899. The van der Waals surface area contributed by atoms with Crippen molar-refractivity contribution in [1.82, 2.24) is 10.6 Å². The van der Waals surface area contributed by atoms with Gasteiger partial charge in [-0.2, -0.15) is 0 Å². The first kappa shape index (κ1) is 18.5. The number of benzene rings is 1. The molecule has 0 aromatic heterocycles. The van der Waals surface area contributed by atoms with E-state index in [0.29, 0.717) is 23.8 Å². The zero-order valence-electron chi connectivity index (χ0n) is 14.6. The summed E-state index contributed by atoms with van der Waals surface area (Å²) in [5, 5.41) is 5.83. The Balaban J connectivity index is 1.85. The third-order valence-electron chi connectivity index (χ3n) is 4.25. The Kier molecular flexibility index (Phi) is 7.25. The van der Waals surface area contributed by atoms with Gasteiger partial charge < -0.3 is 15.4 Å². The number of nitrogens with one attached hydrogen (secondary N) is 2. The van der Waals surface area contributed by atoms with E-state index in [9.17, 15) is 9.59 Å². The third kappa shape index (κ3) is 5.64. The average Bonchev–Trinajstić information content (AvgIpc) is 3.11. The molecule has 2 rings (SSSR count). The summed E-state index contributed by atoms with van der Waals surface area (Å²) in [5.41, 5.74) is 1.03. The van der Waals surface area contributed by atoms with E-state index in [2.05, 4.69) is 10.6 Å². The van der Waals surface area contributed by atoms with Crippen molar-refractivity contribution in [3.05, 3.63) is 35.4 Å². The van der Waals surface area contributed by atoms with Crippen LogP contribution >= 0.6 is 0 Å². The lowest BCUT2D eigenvalue weighted by atomic mass is 10.1. The van der Waals surface area contributed by atoms with Crippen LogP contribution in [0, 0.1) is 0 Å². The Bertz CT molecular complexity index is 553. The van der Waals surface area contributed by atoms with E-state index in [1.807, 2.05) is 13.8 Å². The minimum absolute atomic E-state index is 0.0827. The molecule has 0 aliphatic carbocycles. The van der Waals surface area contributed by atoms with Crippen LogP contribution in [0.2, 0.25) is 0 Å². The molecule has 24 heavy (non-hydrogen) atoms. The van der Waals surface area contributed by atoms with E-state index in [1.54, 1.807) is 24.3 Å². The van der Waals surface area contributed by atoms with Gasteiger partial charge in [-0.05, 0) is 57.2 Å². The van der Waals surface area contributed by atoms with E-state index in [4.69, 9.17) is 4.74 Å². The van der Waals surface area contributed by atoms with Crippen LogP contribution in [0.5, 0.6) is 0 Å². The van der Waals surface area contributed by atoms with Gasteiger partial charge in [-0.3, -0.25) is 9.59 Å². The molecule has 0 saturated carbocycles. The first-order valence-corrected chi connectivity index (χ1v) is 8.91. The van der Waals surface area contributed by atoms with Gasteiger partial charge in [0.25, 0.3) is 11.8 Å². The van der Waals surface area contributed by atoms with Gasteiger partial charge in [0.05, 0.1) is 6.10 Å². The number of rotatable bonds is 8. The van der Waals surface area contributed by atoms with Crippen molar-refractivity contribution in [2.24, 2.45) is 0 Å². The van der Waals surface area contributed by atoms with Gasteiger partial charge >= 0.3 is 0 Å². The van der Waals surface area contributed by atoms with E-state index in [-0.39, 0.29) is 17.9 Å². The number of carbonyl (C=O) groups excluding carboxylic acids is 2. The number of carbonyl (C=O) groups is 2. The van der Waals surface area contributed by atoms with Crippen molar-refractivity contribution in [2.45, 2.75) is 58.1 Å². The van der Waals surface area contributed by atoms with Crippen molar-refractivity contribution in [1.29, 1.82) is 0 Å². The number of ether oxygens (including phenoxy) is 1. The average molecular weight is 332 g/mol. The van der Waals surface area contributed by atoms with E-state index in [0.717, 1.165) is 38.7 Å². The summed E-state index contributed by atoms with van der Waals surface area (Å²) in [4.78, 5) is 24.4. The summed E-state index contributed by atoms with van der Waals surface area (Å²) >= 11 is 0. The first-order chi connectivity index (χ1) is 11.6. The SMILES string of the molecule is CCCNC(=O)c1cccc(C(=O)N[C@H](C)CC[C@H]2CCCO2)c1. The molecule has 0 unspecified atom stereocenters. The topological polar surface area (TPSA) is 67.4 Å². The smallest absolute Gasteiger partial charge is 0.251 e. The van der Waals surface area contributed by atoms with Crippen LogP contribution in [-0.2, 0) is 4.74 Å². The van der Waals surface area contributed by atoms with Gasteiger partial charge in [-0.25, -0.2) is 0 Å². The largest absolute Gasteiger partial charge is 0.378 e. The summed E-state index contributed by atoms with van der Waals surface area (Å²) in [6.07, 6.45) is 5.35. The van der Waals surface area contributed by atoms with Crippen molar-refractivity contribution < 1.29 is 14.3 Å². The van der Waals surface area contributed by atoms with Gasteiger partial charge in [0.15, 0.2) is 0 Å². The maximum Gasteiger partial charge on any atom is 0.251 e. The molecule has 0 spiro atoms. The van der Waals surface area contributed by atoms with Gasteiger partial charge in [0.2, 0.25) is 0 Å². The Morgan fingerprint density at radius 2 is 2.04 bits per heavy atom. The normalized spacial score (nSPS) is 18.2. The second-order valence-electron chi connectivity index (χ2n) is 6.42. The van der Waals surface area contributed by atoms with Crippen LogP contribution in [0.4, 0.5) is 0 Å². The zero-order valence-corrected chi connectivity index (χ0v) is 14.6. The van der Waals surface area contributed by atoms with Gasteiger partial charge in [-0.15, -0.1) is 0 Å². The Morgan fingerprint density at radius 3 is 2.71 bits per heavy atom. The Labute approximate surface area is 144 Å². The van der Waals surface area contributed by atoms with Crippen LogP contribution in [-0.4, -0.2) is 37.1 Å². The lowest BCUT2D eigenvalue weighted by Gasteiger charge is -2.16. The first-order valence-electron chi connectivity index (χ1n) is 8.91. The molecule has 5 nitrogen and oxygen atoms in total. The molecule has 0 bridgehead atoms. The Morgan fingerprint density at radius 1 is 1.29 bits per heavy atom. The molecule has 1 aliphatic rings.